The average molecular weight is 187 g/mol. The topological polar surface area (TPSA) is 63.3 Å². The van der Waals surface area contributed by atoms with Gasteiger partial charge in [-0.15, -0.1) is 0 Å². The van der Waals surface area contributed by atoms with Gasteiger partial charge in [0.25, 0.3) is 0 Å². The molecular formula is C8H13NO2S. The van der Waals surface area contributed by atoms with E-state index in [2.05, 4.69) is 0 Å². The summed E-state index contributed by atoms with van der Waals surface area (Å²) in [6.45, 7) is 0. The molecule has 0 aromatic rings. The fourth-order valence-corrected chi connectivity index (χ4v) is 3.52. The van der Waals surface area contributed by atoms with Crippen molar-refractivity contribution in [3.8, 4) is 0 Å². The monoisotopic (exact) mass is 187 g/mol. The van der Waals surface area contributed by atoms with Crippen LogP contribution in [0.25, 0.3) is 0 Å². The number of hydrogen-bond donors (Lipinski definition) is 2. The van der Waals surface area contributed by atoms with Crippen LogP contribution in [0.5, 0.6) is 0 Å². The highest BCUT2D eigenvalue weighted by molar-refractivity contribution is 7.99. The molecular weight excluding hydrogens is 174 g/mol. The molecule has 2 fully saturated rings. The van der Waals surface area contributed by atoms with Crippen molar-refractivity contribution in [1.82, 2.24) is 0 Å². The highest BCUT2D eigenvalue weighted by atomic mass is 32.2. The van der Waals surface area contributed by atoms with Crippen molar-refractivity contribution in [1.29, 1.82) is 0 Å². The van der Waals surface area contributed by atoms with Crippen molar-refractivity contribution in [2.45, 2.75) is 24.8 Å². The van der Waals surface area contributed by atoms with Crippen LogP contribution in [-0.4, -0.2) is 28.1 Å². The number of carboxylic acids is 1. The molecule has 0 aromatic heterocycles. The van der Waals surface area contributed by atoms with Gasteiger partial charge >= 0.3 is 5.97 Å². The van der Waals surface area contributed by atoms with Crippen molar-refractivity contribution in [2.75, 3.05) is 11.5 Å². The Labute approximate surface area is 75.7 Å². The van der Waals surface area contributed by atoms with Crippen LogP contribution in [0, 0.1) is 5.41 Å². The smallest absolute Gasteiger partial charge is 0.324 e. The minimum Gasteiger partial charge on any atom is -0.480 e. The third-order valence-electron chi connectivity index (χ3n) is 3.20. The molecule has 2 rings (SSSR count). The first-order chi connectivity index (χ1) is 5.61. The Morgan fingerprint density at radius 2 is 2.08 bits per heavy atom. The number of thioether (sulfide) groups is 1. The van der Waals surface area contributed by atoms with Crippen LogP contribution in [0.1, 0.15) is 19.3 Å². The Hall–Kier alpha value is -0.220. The van der Waals surface area contributed by atoms with E-state index < -0.39 is 11.5 Å². The Morgan fingerprint density at radius 1 is 1.42 bits per heavy atom. The summed E-state index contributed by atoms with van der Waals surface area (Å²) in [4.78, 5) is 11.0. The molecule has 1 atom stereocenters. The summed E-state index contributed by atoms with van der Waals surface area (Å²) in [6, 6.07) is 0. The first-order valence-electron chi connectivity index (χ1n) is 4.21. The van der Waals surface area contributed by atoms with E-state index in [0.717, 1.165) is 24.3 Å². The Kier molecular flexibility index (Phi) is 1.67. The van der Waals surface area contributed by atoms with E-state index in [1.165, 1.54) is 0 Å². The van der Waals surface area contributed by atoms with Crippen LogP contribution in [0.4, 0.5) is 0 Å². The molecule has 0 amide bonds. The van der Waals surface area contributed by atoms with Gasteiger partial charge in [-0.1, -0.05) is 0 Å². The van der Waals surface area contributed by atoms with E-state index in [-0.39, 0.29) is 5.41 Å². The minimum absolute atomic E-state index is 0.0538. The van der Waals surface area contributed by atoms with E-state index in [1.807, 2.05) is 11.8 Å². The van der Waals surface area contributed by atoms with Gasteiger partial charge in [-0.25, -0.2) is 0 Å². The number of carboxylic acid groups (broad SMARTS) is 1. The standard InChI is InChI=1S/C8H13NO2S/c9-8(6(10)11)3-4-12-5-7(8)1-2-7/h1-5,9H2,(H,10,11). The summed E-state index contributed by atoms with van der Waals surface area (Å²) in [5.74, 6) is 1.03. The second-order valence-electron chi connectivity index (χ2n) is 3.86. The number of rotatable bonds is 1. The minimum atomic E-state index is -0.918. The van der Waals surface area contributed by atoms with Gasteiger partial charge in [-0.05, 0) is 25.0 Å². The maximum atomic E-state index is 11.0. The lowest BCUT2D eigenvalue weighted by Gasteiger charge is -2.37. The van der Waals surface area contributed by atoms with Crippen molar-refractivity contribution in [2.24, 2.45) is 11.1 Å². The SMILES string of the molecule is NC1(C(=O)O)CCSCC12CC2. The Balaban J connectivity index is 2.26. The average Bonchev–Trinajstić information content (AvgIpc) is 2.77. The van der Waals surface area contributed by atoms with Crippen LogP contribution in [-0.2, 0) is 4.79 Å². The first-order valence-corrected chi connectivity index (χ1v) is 5.36. The summed E-state index contributed by atoms with van der Waals surface area (Å²) in [7, 11) is 0. The molecule has 1 saturated heterocycles. The lowest BCUT2D eigenvalue weighted by Crippen LogP contribution is -2.58. The third-order valence-corrected chi connectivity index (χ3v) is 4.45. The van der Waals surface area contributed by atoms with Gasteiger partial charge in [0.1, 0.15) is 5.54 Å². The third kappa shape index (κ3) is 0.910. The van der Waals surface area contributed by atoms with Gasteiger partial charge in [0.15, 0.2) is 0 Å². The fourth-order valence-electron chi connectivity index (χ4n) is 1.97. The van der Waals surface area contributed by atoms with Gasteiger partial charge in [0.2, 0.25) is 0 Å². The second-order valence-corrected chi connectivity index (χ2v) is 4.96. The van der Waals surface area contributed by atoms with Crippen LogP contribution in [0.15, 0.2) is 0 Å². The van der Waals surface area contributed by atoms with Gasteiger partial charge in [-0.3, -0.25) is 4.79 Å². The molecule has 12 heavy (non-hydrogen) atoms. The summed E-state index contributed by atoms with van der Waals surface area (Å²) < 4.78 is 0. The summed E-state index contributed by atoms with van der Waals surface area (Å²) >= 11 is 1.84. The molecule has 1 saturated carbocycles. The van der Waals surface area contributed by atoms with Crippen molar-refractivity contribution >= 4 is 17.7 Å². The highest BCUT2D eigenvalue weighted by Gasteiger charge is 2.62. The molecule has 1 unspecified atom stereocenters. The van der Waals surface area contributed by atoms with Gasteiger partial charge in [-0.2, -0.15) is 11.8 Å². The van der Waals surface area contributed by atoms with Crippen molar-refractivity contribution in [3.05, 3.63) is 0 Å². The summed E-state index contributed by atoms with van der Waals surface area (Å²) in [5.41, 5.74) is 4.96. The highest BCUT2D eigenvalue weighted by Crippen LogP contribution is 2.58. The van der Waals surface area contributed by atoms with E-state index in [9.17, 15) is 4.79 Å². The normalized spacial score (nSPS) is 38.1. The van der Waals surface area contributed by atoms with E-state index in [0.29, 0.717) is 6.42 Å². The zero-order valence-corrected chi connectivity index (χ0v) is 7.69. The van der Waals surface area contributed by atoms with Crippen molar-refractivity contribution in [3.63, 3.8) is 0 Å². The largest absolute Gasteiger partial charge is 0.480 e. The number of nitrogens with two attached hydrogens (primary N) is 1. The predicted molar refractivity (Wildman–Crippen MR) is 48.2 cm³/mol. The van der Waals surface area contributed by atoms with Gasteiger partial charge < -0.3 is 10.8 Å². The fraction of sp³-hybridized carbons (Fsp3) is 0.875. The Morgan fingerprint density at radius 3 is 2.50 bits per heavy atom. The van der Waals surface area contributed by atoms with Crippen LogP contribution < -0.4 is 5.73 Å². The zero-order valence-electron chi connectivity index (χ0n) is 6.88. The van der Waals surface area contributed by atoms with E-state index >= 15 is 0 Å². The van der Waals surface area contributed by atoms with Gasteiger partial charge in [0.05, 0.1) is 0 Å². The van der Waals surface area contributed by atoms with Crippen LogP contribution in [0.2, 0.25) is 0 Å². The zero-order chi connectivity index (χ0) is 8.82. The Bertz CT molecular complexity index is 227. The van der Waals surface area contributed by atoms with Gasteiger partial charge in [0, 0.05) is 11.2 Å². The quantitative estimate of drug-likeness (QED) is 0.634. The molecule has 2 aliphatic rings. The molecule has 3 nitrogen and oxygen atoms in total. The maximum absolute atomic E-state index is 11.0. The first kappa shape index (κ1) is 8.38. The lowest BCUT2D eigenvalue weighted by molar-refractivity contribution is -0.146. The molecule has 1 heterocycles. The number of carbonyl (C=O) groups is 1. The number of hydrogen-bond acceptors (Lipinski definition) is 3. The van der Waals surface area contributed by atoms with Crippen LogP contribution >= 0.6 is 11.8 Å². The molecule has 1 aliphatic carbocycles. The molecule has 3 N–H and O–H groups in total. The molecule has 0 bridgehead atoms. The second kappa shape index (κ2) is 2.39. The predicted octanol–water partition coefficient (Wildman–Crippen LogP) is 0.686. The molecule has 0 aromatic carbocycles. The molecule has 4 heteroatoms. The summed E-state index contributed by atoms with van der Waals surface area (Å²) in [5, 5.41) is 9.04. The van der Waals surface area contributed by atoms with E-state index in [1.54, 1.807) is 0 Å². The molecule has 1 aliphatic heterocycles. The van der Waals surface area contributed by atoms with Crippen LogP contribution in [0.3, 0.4) is 0 Å². The van der Waals surface area contributed by atoms with E-state index in [4.69, 9.17) is 10.8 Å². The summed E-state index contributed by atoms with van der Waals surface area (Å²) in [6.07, 6.45) is 2.64. The molecule has 0 radical (unpaired) electrons. The molecule has 68 valence electrons. The maximum Gasteiger partial charge on any atom is 0.324 e. The number of aliphatic carboxylic acids is 1. The van der Waals surface area contributed by atoms with Crippen molar-refractivity contribution < 1.29 is 9.90 Å². The lowest BCUT2D eigenvalue weighted by atomic mass is 9.80. The molecule has 1 spiro atoms.